The van der Waals surface area contributed by atoms with Crippen molar-refractivity contribution in [3.05, 3.63) is 390 Å². The van der Waals surface area contributed by atoms with Gasteiger partial charge in [0.25, 0.3) is 5.56 Å². The van der Waals surface area contributed by atoms with Gasteiger partial charge in [-0.1, -0.05) is 150 Å². The number of piperazine rings is 1. The second-order valence-electron chi connectivity index (χ2n) is 35.3. The molecule has 146 heavy (non-hydrogen) atoms. The first kappa shape index (κ1) is 105. The molecule has 744 valence electrons. The molecule has 0 unspecified atom stereocenters. The highest BCUT2D eigenvalue weighted by Gasteiger charge is 2.36. The van der Waals surface area contributed by atoms with Crippen molar-refractivity contribution in [1.82, 2.24) is 38.6 Å². The molecule has 3 aliphatic heterocycles. The molecule has 20 rings (SSSR count). The number of rotatable bonds is 18. The summed E-state index contributed by atoms with van der Waals surface area (Å²) in [4.78, 5) is 76.7. The number of carbonyl (C=O) groups is 3. The number of ether oxygens (including phenoxy) is 2. The summed E-state index contributed by atoms with van der Waals surface area (Å²) >= 11 is 21.5. The summed E-state index contributed by atoms with van der Waals surface area (Å²) in [5, 5.41) is 66.1. The van der Waals surface area contributed by atoms with Gasteiger partial charge in [0.1, 0.15) is 57.9 Å². The number of ketones is 2. The van der Waals surface area contributed by atoms with Gasteiger partial charge in [0.05, 0.1) is 42.1 Å². The zero-order chi connectivity index (χ0) is 104. The zero-order valence-corrected chi connectivity index (χ0v) is 85.0. The molecule has 5 aromatic heterocycles. The third kappa shape index (κ3) is 26.1. The third-order valence-corrected chi connectivity index (χ3v) is 27.9. The maximum Gasteiger partial charge on any atom is 0.348 e. The Balaban J connectivity index is 0.000000133. The lowest BCUT2D eigenvalue weighted by atomic mass is 9.88. The number of allylic oxidation sites excluding steroid dienone is 2. The highest BCUT2D eigenvalue weighted by molar-refractivity contribution is 7.15. The molecular weight excluding hydrogens is 1950 g/mol. The number of fused-ring (bicyclic) bond motifs is 5. The van der Waals surface area contributed by atoms with Crippen LogP contribution in [0.2, 0.25) is 15.1 Å². The van der Waals surface area contributed by atoms with E-state index in [0.717, 1.165) is 182 Å². The van der Waals surface area contributed by atoms with Gasteiger partial charge in [-0.15, -0.1) is 22.7 Å². The van der Waals surface area contributed by atoms with Gasteiger partial charge in [0, 0.05) is 159 Å². The summed E-state index contributed by atoms with van der Waals surface area (Å²) in [6, 6.07) is 69.1. The number of hydrogen-bond acceptors (Lipinski definition) is 24. The van der Waals surface area contributed by atoms with Crippen LogP contribution >= 0.6 is 57.5 Å². The molecule has 1 aliphatic carbocycles. The van der Waals surface area contributed by atoms with Crippen molar-refractivity contribution in [2.24, 2.45) is 12.0 Å². The van der Waals surface area contributed by atoms with Gasteiger partial charge < -0.3 is 71.1 Å². The number of aromatic hydroxyl groups is 5. The number of nitriles is 1. The molecule has 10 N–H and O–H groups in total. The number of aromatic nitrogens is 5. The Morgan fingerprint density at radius 3 is 1.95 bits per heavy atom. The lowest BCUT2D eigenvalue weighted by Gasteiger charge is -2.34. The number of thiazole rings is 1. The van der Waals surface area contributed by atoms with Crippen LogP contribution in [0.25, 0.3) is 61.7 Å². The van der Waals surface area contributed by atoms with E-state index in [1.54, 1.807) is 120 Å². The molecule has 11 aromatic carbocycles. The number of piperidine rings is 1. The number of phenols is 5. The molecule has 16 aromatic rings. The van der Waals surface area contributed by atoms with Gasteiger partial charge in [-0.2, -0.15) is 10.2 Å². The first-order valence-corrected chi connectivity index (χ1v) is 49.9. The third-order valence-electron chi connectivity index (χ3n) is 25.4. The first-order chi connectivity index (χ1) is 70.3. The zero-order valence-electron chi connectivity index (χ0n) is 81.1. The molecule has 4 aliphatic rings. The molecule has 0 saturated carbocycles. The van der Waals surface area contributed by atoms with Crippen molar-refractivity contribution in [3.63, 3.8) is 0 Å². The minimum Gasteiger partial charge on any atom is -0.508 e. The number of aliphatic imine (C=N–C) groups is 1. The number of likely N-dealkylation sites (tertiary alicyclic amines) is 1. The summed E-state index contributed by atoms with van der Waals surface area (Å²) in [6.45, 7) is 15.0. The average Bonchev–Trinajstić information content (AvgIpc) is 1.59. The van der Waals surface area contributed by atoms with Crippen molar-refractivity contribution in [2.45, 2.75) is 72.6 Å². The van der Waals surface area contributed by atoms with Crippen LogP contribution in [-0.4, -0.2) is 154 Å². The van der Waals surface area contributed by atoms with Crippen LogP contribution < -0.4 is 27.1 Å². The standard InChI is InChI=1S/C27H25F2N3OS.C20H13Cl2NO2.C20H24N4O.C18H19ClN4.C16H13NO4S.C14H12O3/c1-18-24(26(33)32-16-17-34-27(32)30-18)12-15-31-13-10-21(11-14-31)25(19-2-6-22(28)7-3-19)20-4-8-23(29)9-5-20;1-23-10-14(12-4-2-3-5-16(12)23)20-18(25)9-17(24)19(20)13-7-6-11(21)8-15(13)22;1-11-9-14(10-17(25-4)12(11)2)5-6-15-7-8-16-18(13(15)3)19(21)24-20(22)23-16;1-22-8-10-23(11-9-22)18-14-4-2-3-5-15(14)20-16-7-6-13(19)12-17(16)21-18;17-10-12(8-11-3-4-14(18)15(19)9-11)16(20)21-6-5-13-2-1-7-22-13;15-12-5-3-10(4-6-12)1-2-11-7-13(16)9-14(17)8-11/h2-9,16-17H,10-15H2,1H3;2-8,10H,9H2,1H3;7-10H,5-6H2,1-4H3,(H4,21,22,23,24);2-7,12,20H,8-11H2,1H3;1-4,7-9,18-19H,5-6H2;1-9,15-17H/b;;;;12-8+;2-1+. The second kappa shape index (κ2) is 48.2. The minimum atomic E-state index is -0.716. The van der Waals surface area contributed by atoms with Gasteiger partial charge in [-0.3, -0.25) is 18.8 Å². The van der Waals surface area contributed by atoms with Crippen LogP contribution in [0.1, 0.15) is 108 Å². The molecule has 0 amide bonds. The lowest BCUT2D eigenvalue weighted by Crippen LogP contribution is -2.47. The SMILES string of the molecule is CN1CCN(C2=Nc3cc(Cl)ccc3Nc3ccccc32)CC1.COc1cc(CCc2ccc3nc(N)nc(N)c3c2C)cc(C)c1C.Cc1nc2sccn2c(=O)c1CCN1CCC(=C(c2ccc(F)cc2)c2ccc(F)cc2)CC1.Cn1cc(C2=C(c3ccc(Cl)cc3Cl)C(=O)CC2=O)c2ccccc21.N#C/C(=C\c1ccc(O)c(O)c1)C(=O)OCCc1cccs1.Oc1ccc(/C=C/c2cc(O)cc(O)c2)cc1. The number of likely N-dealkylation sites (N-methyl/N-ethyl adjacent to an activating group) is 1. The number of phenolic OH excluding ortho intramolecular Hbond substituents is 5. The number of benzene rings is 11. The number of nitrogens with two attached hydrogens (primary N) is 2. The van der Waals surface area contributed by atoms with E-state index >= 15 is 0 Å². The van der Waals surface area contributed by atoms with Crippen LogP contribution in [0.15, 0.2) is 275 Å². The Morgan fingerprint density at radius 2 is 1.27 bits per heavy atom. The average molecular weight is 2050 g/mol. The number of halogens is 5. The minimum absolute atomic E-state index is 0.0235. The number of hydrogen-bond donors (Lipinski definition) is 8. The number of amidine groups is 1. The molecule has 0 bridgehead atoms. The maximum absolute atomic E-state index is 13.5. The number of carbonyl (C=O) groups excluding carboxylic acids is 3. The fraction of sp³-hybridized carbons (Fsp3) is 0.191. The summed E-state index contributed by atoms with van der Waals surface area (Å²) in [6.07, 6.45) is 13.3. The number of para-hydroxylation sites is 2. The number of nitrogens with zero attached hydrogens (tertiary/aromatic N) is 10. The fourth-order valence-corrected chi connectivity index (χ4v) is 19.8. The predicted molar refractivity (Wildman–Crippen MR) is 582 cm³/mol. The van der Waals surface area contributed by atoms with Gasteiger partial charge in [-0.25, -0.2) is 28.5 Å². The first-order valence-electron chi connectivity index (χ1n) is 47.0. The summed E-state index contributed by atoms with van der Waals surface area (Å²) in [5.41, 5.74) is 33.5. The maximum atomic E-state index is 13.5. The Bertz CT molecular complexity index is 7750. The largest absolute Gasteiger partial charge is 0.508 e. The van der Waals surface area contributed by atoms with E-state index in [1.165, 1.54) is 93.8 Å². The van der Waals surface area contributed by atoms with E-state index in [2.05, 4.69) is 99.2 Å². The van der Waals surface area contributed by atoms with E-state index in [4.69, 9.17) is 71.1 Å². The van der Waals surface area contributed by atoms with Crippen molar-refractivity contribution >= 4 is 171 Å². The Labute approximate surface area is 866 Å². The van der Waals surface area contributed by atoms with Crippen LogP contribution in [-0.2, 0) is 51.9 Å². The number of Topliss-reactive ketones (excluding diaryl/α,β-unsaturated/α-hetero) is 2. The van der Waals surface area contributed by atoms with E-state index in [0.29, 0.717) is 61.6 Å². The monoisotopic (exact) mass is 2050 g/mol. The Morgan fingerprint density at radius 1 is 0.603 bits per heavy atom. The van der Waals surface area contributed by atoms with E-state index in [1.807, 2.05) is 108 Å². The van der Waals surface area contributed by atoms with Gasteiger partial charge in [0.15, 0.2) is 28.0 Å². The molecule has 0 atom stereocenters. The topological polar surface area (TPSA) is 346 Å². The fourth-order valence-electron chi connectivity index (χ4n) is 17.6. The van der Waals surface area contributed by atoms with Crippen LogP contribution in [0.5, 0.6) is 34.5 Å². The molecule has 31 heteroatoms. The van der Waals surface area contributed by atoms with E-state index in [9.17, 15) is 48.4 Å². The highest BCUT2D eigenvalue weighted by atomic mass is 35.5. The van der Waals surface area contributed by atoms with E-state index in [-0.39, 0.29) is 82.1 Å². The smallest absolute Gasteiger partial charge is 0.348 e. The quantitative estimate of drug-likeness (QED) is 0.00988. The number of methoxy groups -OCH3 is 1. The van der Waals surface area contributed by atoms with Crippen LogP contribution in [0.3, 0.4) is 0 Å². The van der Waals surface area contributed by atoms with Crippen molar-refractivity contribution in [2.75, 3.05) is 83.4 Å². The summed E-state index contributed by atoms with van der Waals surface area (Å²) < 4.78 is 41.2. The predicted octanol–water partition coefficient (Wildman–Crippen LogP) is 23.5. The molecular formula is C115H106Cl3F2N13O11S2. The normalized spacial score (nSPS) is 13.5. The summed E-state index contributed by atoms with van der Waals surface area (Å²) in [5.74, 6) is 0.640. The van der Waals surface area contributed by atoms with Gasteiger partial charge in [0.2, 0.25) is 5.95 Å². The van der Waals surface area contributed by atoms with Gasteiger partial charge in [-0.05, 0) is 267 Å². The number of nitrogens with one attached hydrogen (secondary N) is 1. The molecule has 0 spiro atoms. The summed E-state index contributed by atoms with van der Waals surface area (Å²) in [7, 11) is 5.80. The molecule has 2 saturated heterocycles. The number of esters is 1. The van der Waals surface area contributed by atoms with Crippen molar-refractivity contribution < 1.29 is 58.2 Å². The number of thiophene rings is 1. The van der Waals surface area contributed by atoms with Gasteiger partial charge >= 0.3 is 5.97 Å². The Hall–Kier alpha value is -15.6. The van der Waals surface area contributed by atoms with Crippen molar-refractivity contribution in [1.29, 1.82) is 5.26 Å². The number of nitrogen functional groups attached to an aromatic ring is 2. The van der Waals surface area contributed by atoms with Crippen molar-refractivity contribution in [3.8, 4) is 40.6 Å². The molecule has 2 fully saturated rings. The Kier molecular flexibility index (Phi) is 34.6. The molecule has 8 heterocycles. The van der Waals surface area contributed by atoms with E-state index < -0.39 is 5.97 Å². The highest BCUT2D eigenvalue weighted by Crippen LogP contribution is 2.44. The number of anilines is 4. The van der Waals surface area contributed by atoms with Crippen LogP contribution in [0.4, 0.5) is 37.6 Å². The van der Waals surface area contributed by atoms with Crippen LogP contribution in [0, 0.1) is 50.7 Å². The second-order valence-corrected chi connectivity index (χ2v) is 38.5. The number of aryl methyl sites for hydroxylation is 6. The lowest BCUT2D eigenvalue weighted by molar-refractivity contribution is -0.138. The molecule has 24 nitrogen and oxygen atoms in total. The molecule has 0 radical (unpaired) electrons.